The van der Waals surface area contributed by atoms with Gasteiger partial charge in [0.2, 0.25) is 0 Å². The van der Waals surface area contributed by atoms with Crippen molar-refractivity contribution in [2.45, 2.75) is 20.0 Å². The van der Waals surface area contributed by atoms with Crippen LogP contribution in [-0.2, 0) is 0 Å². The van der Waals surface area contributed by atoms with Gasteiger partial charge in [0.15, 0.2) is 5.96 Å². The van der Waals surface area contributed by atoms with Crippen LogP contribution in [0.25, 0.3) is 0 Å². The molecular formula is C20H34ClN5O. The highest BCUT2D eigenvalue weighted by Gasteiger charge is 2.16. The third kappa shape index (κ3) is 8.37. The summed E-state index contributed by atoms with van der Waals surface area (Å²) in [5.74, 6) is 2.19. The van der Waals surface area contributed by atoms with Crippen LogP contribution in [0.4, 0.5) is 0 Å². The van der Waals surface area contributed by atoms with E-state index < -0.39 is 0 Å². The molecule has 1 fully saturated rings. The Labute approximate surface area is 168 Å². The van der Waals surface area contributed by atoms with Crippen molar-refractivity contribution in [3.63, 3.8) is 0 Å². The summed E-state index contributed by atoms with van der Waals surface area (Å²) in [4.78, 5) is 9.24. The SMILES string of the molecule is CN=C(NCC(C)CN1CCN(C)CC1)NCC(C)Oc1ccc(Cl)cc1. The van der Waals surface area contributed by atoms with Gasteiger partial charge in [-0.2, -0.15) is 0 Å². The van der Waals surface area contributed by atoms with Crippen molar-refractivity contribution in [3.8, 4) is 5.75 Å². The average Bonchev–Trinajstić information content (AvgIpc) is 2.65. The van der Waals surface area contributed by atoms with Gasteiger partial charge in [0.05, 0.1) is 6.54 Å². The van der Waals surface area contributed by atoms with Crippen molar-refractivity contribution < 1.29 is 4.74 Å². The molecule has 6 nitrogen and oxygen atoms in total. The van der Waals surface area contributed by atoms with Crippen LogP contribution in [0.15, 0.2) is 29.3 Å². The zero-order chi connectivity index (χ0) is 19.6. The molecule has 2 rings (SSSR count). The molecule has 2 atom stereocenters. The molecule has 1 aliphatic heterocycles. The molecule has 1 heterocycles. The van der Waals surface area contributed by atoms with Crippen LogP contribution < -0.4 is 15.4 Å². The normalized spacial score (nSPS) is 18.8. The summed E-state index contributed by atoms with van der Waals surface area (Å²) in [5.41, 5.74) is 0. The van der Waals surface area contributed by atoms with Crippen LogP contribution in [0.1, 0.15) is 13.8 Å². The maximum Gasteiger partial charge on any atom is 0.191 e. The van der Waals surface area contributed by atoms with E-state index in [0.29, 0.717) is 17.5 Å². The number of aliphatic imine (C=N–C) groups is 1. The highest BCUT2D eigenvalue weighted by molar-refractivity contribution is 6.30. The monoisotopic (exact) mass is 395 g/mol. The van der Waals surface area contributed by atoms with Gasteiger partial charge in [0.25, 0.3) is 0 Å². The first-order chi connectivity index (χ1) is 13.0. The topological polar surface area (TPSA) is 52.1 Å². The van der Waals surface area contributed by atoms with Gasteiger partial charge in [-0.05, 0) is 44.2 Å². The first-order valence-electron chi connectivity index (χ1n) is 9.74. The van der Waals surface area contributed by atoms with E-state index in [4.69, 9.17) is 16.3 Å². The van der Waals surface area contributed by atoms with Crippen LogP contribution in [0.3, 0.4) is 0 Å². The first-order valence-corrected chi connectivity index (χ1v) is 10.1. The Bertz CT molecular complexity index is 572. The quantitative estimate of drug-likeness (QED) is 0.522. The number of ether oxygens (including phenoxy) is 1. The van der Waals surface area contributed by atoms with Crippen LogP contribution in [-0.4, -0.2) is 81.8 Å². The second-order valence-electron chi connectivity index (χ2n) is 7.43. The molecule has 1 saturated heterocycles. The van der Waals surface area contributed by atoms with Gasteiger partial charge in [-0.25, -0.2) is 0 Å². The second-order valence-corrected chi connectivity index (χ2v) is 7.86. The van der Waals surface area contributed by atoms with E-state index in [2.05, 4.69) is 39.4 Å². The molecule has 1 aromatic carbocycles. The molecule has 7 heteroatoms. The lowest BCUT2D eigenvalue weighted by molar-refractivity contribution is 0.139. The summed E-state index contributed by atoms with van der Waals surface area (Å²) in [6.45, 7) is 11.7. The van der Waals surface area contributed by atoms with Crippen LogP contribution >= 0.6 is 11.6 Å². The standard InChI is InChI=1S/C20H34ClN5O/c1-16(15-26-11-9-25(4)10-12-26)13-23-20(22-3)24-14-17(2)27-19-7-5-18(21)6-8-19/h5-8,16-17H,9-15H2,1-4H3,(H2,22,23,24). The summed E-state index contributed by atoms with van der Waals surface area (Å²) in [6.07, 6.45) is 0.0208. The molecule has 0 saturated carbocycles. The number of guanidine groups is 1. The Morgan fingerprint density at radius 2 is 1.74 bits per heavy atom. The Morgan fingerprint density at radius 3 is 2.37 bits per heavy atom. The predicted octanol–water partition coefficient (Wildman–Crippen LogP) is 2.16. The van der Waals surface area contributed by atoms with E-state index in [-0.39, 0.29) is 6.10 Å². The largest absolute Gasteiger partial charge is 0.489 e. The zero-order valence-corrected chi connectivity index (χ0v) is 17.8. The number of nitrogens with zero attached hydrogens (tertiary/aromatic N) is 3. The minimum atomic E-state index is 0.0208. The lowest BCUT2D eigenvalue weighted by Gasteiger charge is -2.34. The summed E-state index contributed by atoms with van der Waals surface area (Å²) >= 11 is 5.90. The van der Waals surface area contributed by atoms with Crippen LogP contribution in [0.5, 0.6) is 5.75 Å². The van der Waals surface area contributed by atoms with Crippen LogP contribution in [0, 0.1) is 5.92 Å². The van der Waals surface area contributed by atoms with Crippen molar-refractivity contribution in [2.24, 2.45) is 10.9 Å². The van der Waals surface area contributed by atoms with Crippen molar-refractivity contribution >= 4 is 17.6 Å². The fourth-order valence-corrected chi connectivity index (χ4v) is 3.18. The van der Waals surface area contributed by atoms with Gasteiger partial charge in [0, 0.05) is 51.3 Å². The van der Waals surface area contributed by atoms with E-state index in [1.807, 2.05) is 31.2 Å². The molecule has 2 unspecified atom stereocenters. The van der Waals surface area contributed by atoms with E-state index >= 15 is 0 Å². The average molecular weight is 396 g/mol. The molecule has 1 aliphatic rings. The molecule has 27 heavy (non-hydrogen) atoms. The number of hydrogen-bond acceptors (Lipinski definition) is 4. The molecular weight excluding hydrogens is 362 g/mol. The van der Waals surface area contributed by atoms with Gasteiger partial charge in [-0.15, -0.1) is 0 Å². The molecule has 0 spiro atoms. The minimum absolute atomic E-state index is 0.0208. The van der Waals surface area contributed by atoms with Gasteiger partial charge < -0.3 is 25.2 Å². The summed E-state index contributed by atoms with van der Waals surface area (Å²) in [5, 5.41) is 7.47. The molecule has 152 valence electrons. The smallest absolute Gasteiger partial charge is 0.191 e. The molecule has 1 aromatic rings. The Kier molecular flexibility index (Phi) is 9.18. The third-order valence-electron chi connectivity index (χ3n) is 4.72. The van der Waals surface area contributed by atoms with Crippen LogP contribution in [0.2, 0.25) is 5.02 Å². The lowest BCUT2D eigenvalue weighted by Crippen LogP contribution is -2.48. The number of nitrogens with one attached hydrogen (secondary N) is 2. The Hall–Kier alpha value is -1.50. The maximum atomic E-state index is 5.90. The summed E-state index contributed by atoms with van der Waals surface area (Å²) < 4.78 is 5.88. The van der Waals surface area contributed by atoms with Gasteiger partial charge in [-0.3, -0.25) is 4.99 Å². The van der Waals surface area contributed by atoms with Crippen molar-refractivity contribution in [2.75, 3.05) is 59.9 Å². The number of rotatable bonds is 8. The molecule has 0 radical (unpaired) electrons. The summed E-state index contributed by atoms with van der Waals surface area (Å²) in [6, 6.07) is 7.43. The molecule has 2 N–H and O–H groups in total. The molecule has 0 aromatic heterocycles. The molecule has 0 amide bonds. The second kappa shape index (κ2) is 11.4. The van der Waals surface area contributed by atoms with Crippen molar-refractivity contribution in [1.82, 2.24) is 20.4 Å². The van der Waals surface area contributed by atoms with E-state index in [9.17, 15) is 0 Å². The van der Waals surface area contributed by atoms with E-state index in [1.165, 1.54) is 0 Å². The highest BCUT2D eigenvalue weighted by Crippen LogP contribution is 2.16. The number of halogens is 1. The predicted molar refractivity (Wildman–Crippen MR) is 114 cm³/mol. The zero-order valence-electron chi connectivity index (χ0n) is 17.0. The highest BCUT2D eigenvalue weighted by atomic mass is 35.5. The Morgan fingerprint density at radius 1 is 1.11 bits per heavy atom. The fraction of sp³-hybridized carbons (Fsp3) is 0.650. The number of piperazine rings is 1. The number of benzene rings is 1. The fourth-order valence-electron chi connectivity index (χ4n) is 3.05. The van der Waals surface area contributed by atoms with Crippen molar-refractivity contribution in [3.05, 3.63) is 29.3 Å². The number of likely N-dealkylation sites (N-methyl/N-ethyl adjacent to an activating group) is 1. The Balaban J connectivity index is 1.65. The molecule has 0 bridgehead atoms. The third-order valence-corrected chi connectivity index (χ3v) is 4.97. The van der Waals surface area contributed by atoms with Gasteiger partial charge >= 0.3 is 0 Å². The maximum absolute atomic E-state index is 5.90. The summed E-state index contributed by atoms with van der Waals surface area (Å²) in [7, 11) is 3.99. The first kappa shape index (κ1) is 21.8. The van der Waals surface area contributed by atoms with Gasteiger partial charge in [-0.1, -0.05) is 18.5 Å². The van der Waals surface area contributed by atoms with Crippen molar-refractivity contribution in [1.29, 1.82) is 0 Å². The van der Waals surface area contributed by atoms with E-state index in [0.717, 1.165) is 51.0 Å². The van der Waals surface area contributed by atoms with Gasteiger partial charge in [0.1, 0.15) is 11.9 Å². The number of hydrogen-bond donors (Lipinski definition) is 2. The van der Waals surface area contributed by atoms with E-state index in [1.54, 1.807) is 7.05 Å². The lowest BCUT2D eigenvalue weighted by atomic mass is 10.1. The minimum Gasteiger partial charge on any atom is -0.489 e. The molecule has 0 aliphatic carbocycles.